The third-order valence-corrected chi connectivity index (χ3v) is 6.37. The maximum Gasteiger partial charge on any atom is 0.240 e. The van der Waals surface area contributed by atoms with Crippen molar-refractivity contribution in [3.63, 3.8) is 0 Å². The van der Waals surface area contributed by atoms with Gasteiger partial charge in [0.2, 0.25) is 15.9 Å². The van der Waals surface area contributed by atoms with Gasteiger partial charge >= 0.3 is 0 Å². The molecule has 1 aliphatic rings. The fourth-order valence-corrected chi connectivity index (χ4v) is 4.35. The van der Waals surface area contributed by atoms with Crippen LogP contribution in [0.25, 0.3) is 11.3 Å². The number of carbonyl (C=O) groups is 1. The first-order valence-corrected chi connectivity index (χ1v) is 11.1. The molecule has 0 radical (unpaired) electrons. The van der Waals surface area contributed by atoms with Crippen molar-refractivity contribution in [2.24, 2.45) is 0 Å². The second-order valence-electron chi connectivity index (χ2n) is 6.03. The predicted octanol–water partition coefficient (Wildman–Crippen LogP) is 1.98. The predicted molar refractivity (Wildman–Crippen MR) is 104 cm³/mol. The first-order valence-electron chi connectivity index (χ1n) is 8.00. The third-order valence-electron chi connectivity index (χ3n) is 4.06. The van der Waals surface area contributed by atoms with E-state index in [0.29, 0.717) is 36.3 Å². The van der Waals surface area contributed by atoms with Crippen LogP contribution in [0.4, 0.5) is 5.13 Å². The van der Waals surface area contributed by atoms with Gasteiger partial charge in [-0.1, -0.05) is 23.7 Å². The molecular formula is C16H19ClN4O3S2. The van der Waals surface area contributed by atoms with Crippen molar-refractivity contribution in [2.75, 3.05) is 44.3 Å². The zero-order chi connectivity index (χ0) is 18.7. The molecule has 0 bridgehead atoms. The molecule has 26 heavy (non-hydrogen) atoms. The number of benzene rings is 1. The Balaban J connectivity index is 1.52. The van der Waals surface area contributed by atoms with Crippen LogP contribution in [0, 0.1) is 0 Å². The number of hydrogen-bond acceptors (Lipinski definition) is 6. The monoisotopic (exact) mass is 414 g/mol. The van der Waals surface area contributed by atoms with Crippen molar-refractivity contribution >= 4 is 44.0 Å². The van der Waals surface area contributed by atoms with Gasteiger partial charge < -0.3 is 5.32 Å². The second kappa shape index (κ2) is 8.01. The molecule has 0 aliphatic carbocycles. The minimum atomic E-state index is -3.16. The molecule has 10 heteroatoms. The minimum absolute atomic E-state index is 0.158. The molecule has 7 nitrogen and oxygen atoms in total. The van der Waals surface area contributed by atoms with Crippen LogP contribution in [0.15, 0.2) is 29.6 Å². The lowest BCUT2D eigenvalue weighted by molar-refractivity contribution is -0.117. The zero-order valence-corrected chi connectivity index (χ0v) is 16.6. The third kappa shape index (κ3) is 5.01. The van der Waals surface area contributed by atoms with Crippen LogP contribution < -0.4 is 5.32 Å². The highest BCUT2D eigenvalue weighted by molar-refractivity contribution is 7.88. The van der Waals surface area contributed by atoms with Gasteiger partial charge in [0, 0.05) is 42.1 Å². The normalized spacial score (nSPS) is 16.5. The molecule has 1 aliphatic heterocycles. The molecule has 1 amide bonds. The van der Waals surface area contributed by atoms with Crippen LogP contribution >= 0.6 is 22.9 Å². The smallest absolute Gasteiger partial charge is 0.240 e. The van der Waals surface area contributed by atoms with Crippen molar-refractivity contribution in [2.45, 2.75) is 0 Å². The lowest BCUT2D eigenvalue weighted by Crippen LogP contribution is -2.50. The summed E-state index contributed by atoms with van der Waals surface area (Å²) < 4.78 is 24.4. The Kier molecular flexibility index (Phi) is 5.93. The van der Waals surface area contributed by atoms with Crippen molar-refractivity contribution in [3.05, 3.63) is 34.7 Å². The van der Waals surface area contributed by atoms with E-state index in [9.17, 15) is 13.2 Å². The number of sulfonamides is 1. The summed E-state index contributed by atoms with van der Waals surface area (Å²) in [4.78, 5) is 18.6. The lowest BCUT2D eigenvalue weighted by atomic mass is 10.2. The van der Waals surface area contributed by atoms with E-state index in [1.54, 1.807) is 12.1 Å². The number of anilines is 1. The Morgan fingerprint density at radius 2 is 1.88 bits per heavy atom. The van der Waals surface area contributed by atoms with Crippen molar-refractivity contribution in [3.8, 4) is 11.3 Å². The largest absolute Gasteiger partial charge is 0.301 e. The summed E-state index contributed by atoms with van der Waals surface area (Å²) in [7, 11) is -3.16. The fraction of sp³-hybridized carbons (Fsp3) is 0.375. The van der Waals surface area contributed by atoms with E-state index < -0.39 is 10.0 Å². The second-order valence-corrected chi connectivity index (χ2v) is 9.31. The van der Waals surface area contributed by atoms with E-state index in [2.05, 4.69) is 10.3 Å². The highest BCUT2D eigenvalue weighted by atomic mass is 35.5. The van der Waals surface area contributed by atoms with Gasteiger partial charge in [0.25, 0.3) is 0 Å². The lowest BCUT2D eigenvalue weighted by Gasteiger charge is -2.32. The van der Waals surface area contributed by atoms with Gasteiger partial charge in [-0.05, 0) is 12.1 Å². The molecule has 0 atom stereocenters. The van der Waals surface area contributed by atoms with Crippen LogP contribution in [0.5, 0.6) is 0 Å². The number of rotatable bonds is 5. The molecule has 2 heterocycles. The summed E-state index contributed by atoms with van der Waals surface area (Å²) in [6.07, 6.45) is 1.20. The van der Waals surface area contributed by atoms with Gasteiger partial charge in [0.15, 0.2) is 5.13 Å². The number of hydrogen-bond donors (Lipinski definition) is 1. The number of nitrogens with zero attached hydrogens (tertiary/aromatic N) is 3. The molecule has 1 saturated heterocycles. The Hall–Kier alpha value is -1.52. The quantitative estimate of drug-likeness (QED) is 0.808. The standard InChI is InChI=1S/C16H19ClN4O3S2/c1-26(23,24)21-8-6-20(7-9-21)10-15(22)19-16-18-14(11-25-16)12-2-4-13(17)5-3-12/h2-5,11H,6-10H2,1H3,(H,18,19,22). The summed E-state index contributed by atoms with van der Waals surface area (Å²) in [6, 6.07) is 7.35. The van der Waals surface area contributed by atoms with Crippen molar-refractivity contribution < 1.29 is 13.2 Å². The Morgan fingerprint density at radius 1 is 1.23 bits per heavy atom. The van der Waals surface area contributed by atoms with E-state index in [4.69, 9.17) is 11.6 Å². The molecule has 0 saturated carbocycles. The zero-order valence-electron chi connectivity index (χ0n) is 14.2. The summed E-state index contributed by atoms with van der Waals surface area (Å²) >= 11 is 7.24. The Bertz CT molecular complexity index is 875. The molecule has 3 rings (SSSR count). The average Bonchev–Trinajstić information content (AvgIpc) is 3.03. The number of nitrogens with one attached hydrogen (secondary N) is 1. The SMILES string of the molecule is CS(=O)(=O)N1CCN(CC(=O)Nc2nc(-c3ccc(Cl)cc3)cs2)CC1. The fourth-order valence-electron chi connectivity index (χ4n) is 2.67. The van der Waals surface area contributed by atoms with Crippen molar-refractivity contribution in [1.29, 1.82) is 0 Å². The van der Waals surface area contributed by atoms with E-state index in [-0.39, 0.29) is 12.5 Å². The maximum absolute atomic E-state index is 12.2. The topological polar surface area (TPSA) is 82.6 Å². The van der Waals surface area contributed by atoms with E-state index >= 15 is 0 Å². The van der Waals surface area contributed by atoms with Gasteiger partial charge in [-0.25, -0.2) is 13.4 Å². The van der Waals surface area contributed by atoms with Gasteiger partial charge in [-0.2, -0.15) is 4.31 Å². The van der Waals surface area contributed by atoms with Crippen LogP contribution in [-0.4, -0.2) is 67.5 Å². The number of amides is 1. The number of piperazine rings is 1. The summed E-state index contributed by atoms with van der Waals surface area (Å²) in [5, 5.41) is 5.88. The van der Waals surface area contributed by atoms with E-state index in [0.717, 1.165) is 11.3 Å². The molecule has 1 fully saturated rings. The van der Waals surface area contributed by atoms with E-state index in [1.807, 2.05) is 22.4 Å². The van der Waals surface area contributed by atoms with Crippen LogP contribution in [0.1, 0.15) is 0 Å². The van der Waals surface area contributed by atoms with Crippen LogP contribution in [-0.2, 0) is 14.8 Å². The van der Waals surface area contributed by atoms with Gasteiger partial charge in [0.1, 0.15) is 0 Å². The van der Waals surface area contributed by atoms with Gasteiger partial charge in [0.05, 0.1) is 18.5 Å². The Morgan fingerprint density at radius 3 is 2.50 bits per heavy atom. The molecule has 1 N–H and O–H groups in total. The maximum atomic E-state index is 12.2. The molecule has 2 aromatic rings. The average molecular weight is 415 g/mol. The number of carbonyl (C=O) groups excluding carboxylic acids is 1. The highest BCUT2D eigenvalue weighted by Gasteiger charge is 2.24. The first kappa shape index (κ1) is 19.2. The molecule has 1 aromatic heterocycles. The van der Waals surface area contributed by atoms with Gasteiger partial charge in [-0.15, -0.1) is 11.3 Å². The van der Waals surface area contributed by atoms with Crippen LogP contribution in [0.3, 0.4) is 0 Å². The summed E-state index contributed by atoms with van der Waals surface area (Å²) in [5.41, 5.74) is 1.71. The number of halogens is 1. The molecule has 0 unspecified atom stereocenters. The Labute approximate surface area is 161 Å². The first-order chi connectivity index (χ1) is 12.3. The van der Waals surface area contributed by atoms with Crippen molar-refractivity contribution in [1.82, 2.24) is 14.2 Å². The summed E-state index contributed by atoms with van der Waals surface area (Å²) in [5.74, 6) is -0.158. The van der Waals surface area contributed by atoms with Crippen LogP contribution in [0.2, 0.25) is 5.02 Å². The minimum Gasteiger partial charge on any atom is -0.301 e. The summed E-state index contributed by atoms with van der Waals surface area (Å²) in [6.45, 7) is 2.10. The van der Waals surface area contributed by atoms with E-state index in [1.165, 1.54) is 21.9 Å². The highest BCUT2D eigenvalue weighted by Crippen LogP contribution is 2.26. The number of aromatic nitrogens is 1. The molecule has 1 aromatic carbocycles. The van der Waals surface area contributed by atoms with Gasteiger partial charge in [-0.3, -0.25) is 9.69 Å². The number of thiazole rings is 1. The molecular weight excluding hydrogens is 396 g/mol. The molecule has 140 valence electrons. The molecule has 0 spiro atoms.